The van der Waals surface area contributed by atoms with Gasteiger partial charge in [0.15, 0.2) is 0 Å². The van der Waals surface area contributed by atoms with Crippen LogP contribution in [-0.4, -0.2) is 17.0 Å². The lowest BCUT2D eigenvalue weighted by Crippen LogP contribution is -2.10. The molecule has 0 aliphatic carbocycles. The Morgan fingerprint density at radius 1 is 0.967 bits per heavy atom. The zero-order chi connectivity index (χ0) is 21.7. The number of carboxylic acids is 1. The minimum atomic E-state index is -0.990. The first kappa shape index (κ1) is 21.7. The van der Waals surface area contributed by atoms with Crippen LogP contribution < -0.4 is 0 Å². The SMILES string of the molecule is Cc1cccc(C)c1COC(=O)Cc1cccc(C(S)c2ccccc2C(=O)O)c1. The second-order valence-electron chi connectivity index (χ2n) is 7.25. The highest BCUT2D eigenvalue weighted by Crippen LogP contribution is 2.31. The summed E-state index contributed by atoms with van der Waals surface area (Å²) in [5.41, 5.74) is 5.68. The monoisotopic (exact) mass is 420 g/mol. The predicted octanol–water partition coefficient (Wildman–Crippen LogP) is 5.31. The third-order valence-electron chi connectivity index (χ3n) is 5.12. The van der Waals surface area contributed by atoms with Gasteiger partial charge in [0.2, 0.25) is 0 Å². The number of aromatic carboxylic acids is 1. The topological polar surface area (TPSA) is 63.6 Å². The molecule has 0 spiro atoms. The summed E-state index contributed by atoms with van der Waals surface area (Å²) in [5.74, 6) is -1.30. The van der Waals surface area contributed by atoms with Gasteiger partial charge < -0.3 is 9.84 Å². The van der Waals surface area contributed by atoms with Crippen molar-refractivity contribution in [2.24, 2.45) is 0 Å². The smallest absolute Gasteiger partial charge is 0.336 e. The highest BCUT2D eigenvalue weighted by Gasteiger charge is 2.18. The molecule has 3 rings (SSSR count). The Bertz CT molecular complexity index is 1050. The zero-order valence-corrected chi connectivity index (χ0v) is 17.9. The number of carboxylic acid groups (broad SMARTS) is 1. The van der Waals surface area contributed by atoms with E-state index in [2.05, 4.69) is 12.6 Å². The first-order valence-electron chi connectivity index (χ1n) is 9.66. The second-order valence-corrected chi connectivity index (χ2v) is 7.76. The van der Waals surface area contributed by atoms with E-state index in [1.54, 1.807) is 24.3 Å². The van der Waals surface area contributed by atoms with E-state index in [1.165, 1.54) is 0 Å². The van der Waals surface area contributed by atoms with Crippen molar-refractivity contribution < 1.29 is 19.4 Å². The van der Waals surface area contributed by atoms with E-state index < -0.39 is 11.2 Å². The number of carbonyl (C=O) groups excluding carboxylic acids is 1. The van der Waals surface area contributed by atoms with Crippen LogP contribution in [0, 0.1) is 13.8 Å². The Hall–Kier alpha value is -3.05. The van der Waals surface area contributed by atoms with E-state index in [9.17, 15) is 14.7 Å². The predicted molar refractivity (Wildman–Crippen MR) is 120 cm³/mol. The van der Waals surface area contributed by atoms with Crippen molar-refractivity contribution in [2.75, 3.05) is 0 Å². The highest BCUT2D eigenvalue weighted by molar-refractivity contribution is 7.80. The molecule has 0 aliphatic rings. The quantitative estimate of drug-likeness (QED) is 0.402. The Kier molecular flexibility index (Phi) is 6.95. The van der Waals surface area contributed by atoms with Crippen LogP contribution in [0.15, 0.2) is 66.7 Å². The van der Waals surface area contributed by atoms with Crippen LogP contribution in [0.2, 0.25) is 0 Å². The molecule has 0 amide bonds. The molecule has 3 aromatic carbocycles. The van der Waals surface area contributed by atoms with Gasteiger partial charge in [0.1, 0.15) is 6.61 Å². The van der Waals surface area contributed by atoms with Gasteiger partial charge in [0, 0.05) is 0 Å². The molecule has 1 atom stereocenters. The summed E-state index contributed by atoms with van der Waals surface area (Å²) in [6, 6.07) is 20.2. The van der Waals surface area contributed by atoms with Gasteiger partial charge in [-0.25, -0.2) is 4.79 Å². The van der Waals surface area contributed by atoms with Gasteiger partial charge in [-0.05, 0) is 53.3 Å². The van der Waals surface area contributed by atoms with Gasteiger partial charge in [-0.1, -0.05) is 60.7 Å². The number of hydrogen-bond acceptors (Lipinski definition) is 4. The number of hydrogen-bond donors (Lipinski definition) is 2. The molecule has 30 heavy (non-hydrogen) atoms. The average molecular weight is 421 g/mol. The molecule has 4 nitrogen and oxygen atoms in total. The van der Waals surface area contributed by atoms with Crippen LogP contribution in [0.25, 0.3) is 0 Å². The van der Waals surface area contributed by atoms with Crippen molar-refractivity contribution >= 4 is 24.6 Å². The molecule has 5 heteroatoms. The minimum absolute atomic E-state index is 0.139. The Morgan fingerprint density at radius 2 is 1.63 bits per heavy atom. The molecule has 0 bridgehead atoms. The summed E-state index contributed by atoms with van der Waals surface area (Å²) in [4.78, 5) is 23.9. The van der Waals surface area contributed by atoms with Crippen LogP contribution in [0.5, 0.6) is 0 Å². The number of esters is 1. The maximum Gasteiger partial charge on any atom is 0.336 e. The number of ether oxygens (including phenoxy) is 1. The van der Waals surface area contributed by atoms with Crippen molar-refractivity contribution in [1.82, 2.24) is 0 Å². The third-order valence-corrected chi connectivity index (χ3v) is 5.70. The fourth-order valence-electron chi connectivity index (χ4n) is 3.43. The molecular formula is C25H24O4S. The molecule has 0 saturated heterocycles. The molecule has 0 radical (unpaired) electrons. The van der Waals surface area contributed by atoms with Crippen LogP contribution in [0.3, 0.4) is 0 Å². The summed E-state index contributed by atoms with van der Waals surface area (Å²) < 4.78 is 5.49. The van der Waals surface area contributed by atoms with Crippen molar-refractivity contribution in [3.8, 4) is 0 Å². The van der Waals surface area contributed by atoms with Crippen molar-refractivity contribution in [3.05, 3.63) is 106 Å². The maximum atomic E-state index is 12.4. The Balaban J connectivity index is 1.71. The first-order valence-corrected chi connectivity index (χ1v) is 10.2. The number of aryl methyl sites for hydroxylation is 2. The lowest BCUT2D eigenvalue weighted by atomic mass is 9.97. The molecule has 0 aliphatic heterocycles. The van der Waals surface area contributed by atoms with Crippen LogP contribution in [0.4, 0.5) is 0 Å². The molecular weight excluding hydrogens is 396 g/mol. The minimum Gasteiger partial charge on any atom is -0.478 e. The van der Waals surface area contributed by atoms with E-state index in [-0.39, 0.29) is 24.6 Å². The summed E-state index contributed by atoms with van der Waals surface area (Å²) in [7, 11) is 0. The van der Waals surface area contributed by atoms with E-state index in [1.807, 2.05) is 56.3 Å². The number of benzene rings is 3. The van der Waals surface area contributed by atoms with Gasteiger partial charge in [-0.2, -0.15) is 12.6 Å². The molecule has 3 aromatic rings. The van der Waals surface area contributed by atoms with Crippen molar-refractivity contribution in [3.63, 3.8) is 0 Å². The third kappa shape index (κ3) is 5.10. The van der Waals surface area contributed by atoms with Gasteiger partial charge >= 0.3 is 11.9 Å². The molecule has 154 valence electrons. The fraction of sp³-hybridized carbons (Fsp3) is 0.200. The second kappa shape index (κ2) is 9.63. The van der Waals surface area contributed by atoms with Gasteiger partial charge in [0.05, 0.1) is 17.2 Å². The molecule has 0 fully saturated rings. The van der Waals surface area contributed by atoms with E-state index in [0.29, 0.717) is 5.56 Å². The Morgan fingerprint density at radius 3 is 2.33 bits per heavy atom. The maximum absolute atomic E-state index is 12.4. The number of rotatable bonds is 7. The number of carbonyl (C=O) groups is 2. The lowest BCUT2D eigenvalue weighted by molar-refractivity contribution is -0.144. The van der Waals surface area contributed by atoms with Gasteiger partial charge in [0.25, 0.3) is 0 Å². The van der Waals surface area contributed by atoms with Crippen LogP contribution >= 0.6 is 12.6 Å². The summed E-state index contributed by atoms with van der Waals surface area (Å²) in [5, 5.41) is 9.02. The van der Waals surface area contributed by atoms with Crippen molar-refractivity contribution in [2.45, 2.75) is 32.1 Å². The molecule has 0 heterocycles. The van der Waals surface area contributed by atoms with E-state index in [0.717, 1.165) is 27.8 Å². The zero-order valence-electron chi connectivity index (χ0n) is 17.0. The standard InChI is InChI=1S/C25H24O4S/c1-16-7-5-8-17(2)22(16)15-29-23(26)14-18-9-6-10-19(13-18)24(30)20-11-3-4-12-21(20)25(27)28/h3-13,24,30H,14-15H2,1-2H3,(H,27,28). The molecule has 1 N–H and O–H groups in total. The molecule has 0 aromatic heterocycles. The number of thiol groups is 1. The first-order chi connectivity index (χ1) is 14.4. The molecule has 0 saturated carbocycles. The van der Waals surface area contributed by atoms with Gasteiger partial charge in [-0.3, -0.25) is 4.79 Å². The summed E-state index contributed by atoms with van der Waals surface area (Å²) in [6.45, 7) is 4.25. The largest absolute Gasteiger partial charge is 0.478 e. The van der Waals surface area contributed by atoms with Crippen LogP contribution in [-0.2, 0) is 22.6 Å². The molecule has 1 unspecified atom stereocenters. The van der Waals surface area contributed by atoms with Crippen molar-refractivity contribution in [1.29, 1.82) is 0 Å². The van der Waals surface area contributed by atoms with E-state index >= 15 is 0 Å². The van der Waals surface area contributed by atoms with E-state index in [4.69, 9.17) is 4.74 Å². The van der Waals surface area contributed by atoms with Gasteiger partial charge in [-0.15, -0.1) is 0 Å². The normalized spacial score (nSPS) is 11.7. The highest BCUT2D eigenvalue weighted by atomic mass is 32.1. The summed E-state index contributed by atoms with van der Waals surface area (Å²) >= 11 is 4.64. The Labute approximate surface area is 181 Å². The van der Waals surface area contributed by atoms with Crippen LogP contribution in [0.1, 0.15) is 49.0 Å². The fourth-order valence-corrected chi connectivity index (χ4v) is 3.82. The average Bonchev–Trinajstić information content (AvgIpc) is 2.73. The lowest BCUT2D eigenvalue weighted by Gasteiger charge is -2.15. The summed E-state index contributed by atoms with van der Waals surface area (Å²) in [6.07, 6.45) is 0.139.